The molecule has 15 nitrogen and oxygen atoms in total. The number of hydrogen-bond acceptors (Lipinski definition) is 12. The Balaban J connectivity index is 2.26. The zero-order valence-electron chi connectivity index (χ0n) is 15.3. The van der Waals surface area contributed by atoms with Gasteiger partial charge < -0.3 is 45.1 Å². The summed E-state index contributed by atoms with van der Waals surface area (Å²) in [5, 5.41) is 51.7. The molecule has 0 unspecified atom stereocenters. The third kappa shape index (κ3) is 6.06. The van der Waals surface area contributed by atoms with Gasteiger partial charge in [0.25, 0.3) is 0 Å². The first-order valence-corrected chi connectivity index (χ1v) is 9.70. The molecule has 8 atom stereocenters. The first-order valence-electron chi connectivity index (χ1n) is 8.34. The van der Waals surface area contributed by atoms with Crippen molar-refractivity contribution in [1.82, 2.24) is 5.32 Å². The van der Waals surface area contributed by atoms with Gasteiger partial charge >= 0.3 is 16.4 Å². The topological polar surface area (TPSA) is 239 Å². The highest BCUT2D eigenvalue weighted by Gasteiger charge is 2.49. The Bertz CT molecular complexity index is 784. The molecular weight excluding hydrogens is 438 g/mol. The van der Waals surface area contributed by atoms with Gasteiger partial charge in [-0.3, -0.25) is 9.35 Å². The number of aliphatic hydroxyl groups is 4. The first kappa shape index (κ1) is 24.4. The van der Waals surface area contributed by atoms with E-state index >= 15 is 0 Å². The Hall–Kier alpha value is -1.89. The summed E-state index contributed by atoms with van der Waals surface area (Å²) in [6.07, 6.45) is -11.8. The number of carbonyl (C=O) groups excluding carboxylic acids is 1. The van der Waals surface area contributed by atoms with E-state index in [0.717, 1.165) is 6.92 Å². The number of carbonyl (C=O) groups is 2. The van der Waals surface area contributed by atoms with Crippen molar-refractivity contribution in [1.29, 1.82) is 0 Å². The maximum atomic E-state index is 11.4. The molecule has 0 aromatic carbocycles. The molecule has 172 valence electrons. The van der Waals surface area contributed by atoms with Gasteiger partial charge in [0, 0.05) is 6.92 Å². The summed E-state index contributed by atoms with van der Waals surface area (Å²) in [7, 11) is -4.93. The summed E-state index contributed by atoms with van der Waals surface area (Å²) in [4.78, 5) is 22.5. The van der Waals surface area contributed by atoms with Crippen LogP contribution in [0.15, 0.2) is 11.8 Å². The predicted octanol–water partition coefficient (Wildman–Crippen LogP) is -4.18. The van der Waals surface area contributed by atoms with Crippen molar-refractivity contribution >= 4 is 22.3 Å². The Morgan fingerprint density at radius 3 is 2.37 bits per heavy atom. The van der Waals surface area contributed by atoms with Crippen LogP contribution in [0.4, 0.5) is 0 Å². The summed E-state index contributed by atoms with van der Waals surface area (Å²) in [5.74, 6) is -3.07. The normalized spacial score (nSPS) is 37.1. The minimum absolute atomic E-state index is 0.702. The van der Waals surface area contributed by atoms with E-state index in [1.807, 2.05) is 0 Å². The summed E-state index contributed by atoms with van der Waals surface area (Å²) < 4.78 is 49.5. The second kappa shape index (κ2) is 9.50. The van der Waals surface area contributed by atoms with Crippen LogP contribution in [-0.2, 0) is 38.4 Å². The molecule has 0 aromatic heterocycles. The molecule has 30 heavy (non-hydrogen) atoms. The molecule has 0 spiro atoms. The number of rotatable bonds is 7. The lowest BCUT2D eigenvalue weighted by molar-refractivity contribution is -0.301. The number of nitrogens with one attached hydrogen (secondary N) is 1. The van der Waals surface area contributed by atoms with Gasteiger partial charge in [-0.15, -0.1) is 0 Å². The second-order valence-corrected chi connectivity index (χ2v) is 7.49. The molecule has 1 fully saturated rings. The molecule has 2 aliphatic rings. The van der Waals surface area contributed by atoms with Crippen molar-refractivity contribution in [2.24, 2.45) is 0 Å². The highest BCUT2D eigenvalue weighted by molar-refractivity contribution is 7.80. The van der Waals surface area contributed by atoms with Crippen LogP contribution in [0.3, 0.4) is 0 Å². The number of ether oxygens (including phenoxy) is 3. The molecule has 7 N–H and O–H groups in total. The highest BCUT2D eigenvalue weighted by Crippen LogP contribution is 2.28. The highest BCUT2D eigenvalue weighted by atomic mass is 32.3. The SMILES string of the molecule is CC(=O)N[C@@H]1[C@@H](O[C@@H]2OC(C(=O)O)=C[C@H](O)[C@H]2O)[C@H](O)[C@@H](COS(=O)(=O)O)O[C@H]1O. The van der Waals surface area contributed by atoms with Crippen LogP contribution in [0.5, 0.6) is 0 Å². The zero-order chi connectivity index (χ0) is 22.8. The van der Waals surface area contributed by atoms with Crippen LogP contribution in [0.2, 0.25) is 0 Å². The van der Waals surface area contributed by atoms with Crippen LogP contribution in [0, 0.1) is 0 Å². The van der Waals surface area contributed by atoms with E-state index in [9.17, 15) is 38.4 Å². The average molecular weight is 459 g/mol. The monoisotopic (exact) mass is 459 g/mol. The Labute approximate surface area is 169 Å². The van der Waals surface area contributed by atoms with Crippen molar-refractivity contribution in [3.05, 3.63) is 11.8 Å². The van der Waals surface area contributed by atoms with Gasteiger partial charge in [-0.2, -0.15) is 8.42 Å². The lowest BCUT2D eigenvalue weighted by Gasteiger charge is -2.44. The number of amides is 1. The van der Waals surface area contributed by atoms with Crippen LogP contribution in [0.25, 0.3) is 0 Å². The van der Waals surface area contributed by atoms with E-state index in [0.29, 0.717) is 6.08 Å². The smallest absolute Gasteiger partial charge is 0.397 e. The van der Waals surface area contributed by atoms with Gasteiger partial charge in [0.2, 0.25) is 18.0 Å². The van der Waals surface area contributed by atoms with Gasteiger partial charge in [0.1, 0.15) is 36.6 Å². The van der Waals surface area contributed by atoms with E-state index in [1.54, 1.807) is 0 Å². The van der Waals surface area contributed by atoms with E-state index in [2.05, 4.69) is 9.50 Å². The van der Waals surface area contributed by atoms with Crippen molar-refractivity contribution in [3.63, 3.8) is 0 Å². The third-order valence-electron chi connectivity index (χ3n) is 4.14. The maximum Gasteiger partial charge on any atom is 0.397 e. The number of carboxylic acid groups (broad SMARTS) is 1. The Morgan fingerprint density at radius 2 is 1.83 bits per heavy atom. The van der Waals surface area contributed by atoms with Crippen molar-refractivity contribution in [3.8, 4) is 0 Å². The minimum atomic E-state index is -4.93. The van der Waals surface area contributed by atoms with Crippen LogP contribution < -0.4 is 5.32 Å². The van der Waals surface area contributed by atoms with Crippen molar-refractivity contribution < 1.29 is 66.5 Å². The summed E-state index contributed by atoms with van der Waals surface area (Å²) >= 11 is 0. The van der Waals surface area contributed by atoms with Gasteiger partial charge in [0.15, 0.2) is 6.29 Å². The van der Waals surface area contributed by atoms with Crippen molar-refractivity contribution in [2.45, 2.75) is 56.1 Å². The molecule has 1 amide bonds. The Kier molecular flexibility index (Phi) is 7.72. The van der Waals surface area contributed by atoms with Gasteiger partial charge in [-0.25, -0.2) is 8.98 Å². The molecule has 0 radical (unpaired) electrons. The molecule has 2 heterocycles. The molecule has 0 aliphatic carbocycles. The fourth-order valence-electron chi connectivity index (χ4n) is 2.81. The maximum absolute atomic E-state index is 11.4. The molecule has 0 bridgehead atoms. The second-order valence-electron chi connectivity index (χ2n) is 6.40. The summed E-state index contributed by atoms with van der Waals surface area (Å²) in [5.41, 5.74) is 0. The molecule has 0 aromatic rings. The van der Waals surface area contributed by atoms with Crippen LogP contribution in [0.1, 0.15) is 6.92 Å². The number of carboxylic acids is 1. The van der Waals surface area contributed by atoms with Gasteiger partial charge in [-0.05, 0) is 6.08 Å². The fourth-order valence-corrected chi connectivity index (χ4v) is 3.11. The quantitative estimate of drug-likeness (QED) is 0.179. The third-order valence-corrected chi connectivity index (χ3v) is 4.57. The van der Waals surface area contributed by atoms with Crippen LogP contribution in [-0.4, -0.2) is 106 Å². The van der Waals surface area contributed by atoms with Crippen molar-refractivity contribution in [2.75, 3.05) is 6.61 Å². The molecule has 2 rings (SSSR count). The average Bonchev–Trinajstić information content (AvgIpc) is 2.61. The largest absolute Gasteiger partial charge is 0.475 e. The number of hydrogen-bond donors (Lipinski definition) is 7. The summed E-state index contributed by atoms with van der Waals surface area (Å²) in [6, 6.07) is -1.49. The van der Waals surface area contributed by atoms with Gasteiger partial charge in [-0.1, -0.05) is 0 Å². The first-order chi connectivity index (χ1) is 13.8. The lowest BCUT2D eigenvalue weighted by atomic mass is 9.96. The van der Waals surface area contributed by atoms with E-state index < -0.39 is 83.8 Å². The Morgan fingerprint density at radius 1 is 1.20 bits per heavy atom. The number of aliphatic hydroxyl groups excluding tert-OH is 4. The van der Waals surface area contributed by atoms with Gasteiger partial charge in [0.05, 0.1) is 6.61 Å². The van der Waals surface area contributed by atoms with Crippen LogP contribution >= 0.6 is 0 Å². The molecule has 1 saturated heterocycles. The molecule has 0 saturated carbocycles. The molecular formula is C14H21NO14S. The minimum Gasteiger partial charge on any atom is -0.475 e. The number of aliphatic carboxylic acids is 1. The fraction of sp³-hybridized carbons (Fsp3) is 0.714. The molecule has 2 aliphatic heterocycles. The standard InChI is InChI=1S/C14H21NO14S/c1-4(16)15-8-11(10(19)7(27-13(8)22)3-26-30(23,24)25)29-14-9(18)5(17)2-6(28-14)12(20)21/h2,5,7-11,13-14,17-19,22H,3H2,1H3,(H,15,16)(H,20,21)(H,23,24,25)/t5-,7+,8+,9+,10+,11+,13+,14-/m0/s1. The van der Waals surface area contributed by atoms with E-state index in [1.165, 1.54) is 0 Å². The van der Waals surface area contributed by atoms with E-state index in [4.69, 9.17) is 23.9 Å². The predicted molar refractivity (Wildman–Crippen MR) is 89.5 cm³/mol. The lowest BCUT2D eigenvalue weighted by Crippen LogP contribution is -2.66. The summed E-state index contributed by atoms with van der Waals surface area (Å²) in [6.45, 7) is 0.0887. The van der Waals surface area contributed by atoms with E-state index in [-0.39, 0.29) is 0 Å². The molecule has 16 heteroatoms. The zero-order valence-corrected chi connectivity index (χ0v) is 16.1.